The summed E-state index contributed by atoms with van der Waals surface area (Å²) in [4.78, 5) is 52.7. The maximum Gasteiger partial charge on any atom is 0.308 e. The highest BCUT2D eigenvalue weighted by molar-refractivity contribution is 5.94. The Hall–Kier alpha value is -4.74. The second-order valence-corrected chi connectivity index (χ2v) is 16.8. The van der Waals surface area contributed by atoms with Gasteiger partial charge in [-0.1, -0.05) is 52.8 Å². The molecule has 4 heterocycles. The molecule has 0 saturated carbocycles. The molecule has 342 valence electrons. The lowest BCUT2D eigenvalue weighted by atomic mass is 9.86. The minimum Gasteiger partial charge on any atom is -0.462 e. The quantitative estimate of drug-likeness (QED) is 0.0919. The van der Waals surface area contributed by atoms with E-state index in [-0.39, 0.29) is 60.2 Å². The van der Waals surface area contributed by atoms with Crippen molar-refractivity contribution in [3.05, 3.63) is 60.4 Å². The van der Waals surface area contributed by atoms with E-state index in [0.717, 1.165) is 0 Å². The third kappa shape index (κ3) is 14.4. The van der Waals surface area contributed by atoms with E-state index in [1.807, 2.05) is 52.8 Å². The zero-order chi connectivity index (χ0) is 45.5. The van der Waals surface area contributed by atoms with Gasteiger partial charge < -0.3 is 47.3 Å². The first-order valence-corrected chi connectivity index (χ1v) is 21.3. The summed E-state index contributed by atoms with van der Waals surface area (Å²) in [6.45, 7) is 11.4. The number of esters is 1. The SMILES string of the molecule is COC(CC1OC(=O)CC(O)CC(C)CC(O)C(C)C(OC)c2coc(n2)-c2coc(n2)-c2coc(n2)C=CCC(OC)C1C)C(C)CCC(=O)C(C)=CC(C)C=CN(C)C=O. The van der Waals surface area contributed by atoms with Gasteiger partial charge >= 0.3 is 5.97 Å². The Morgan fingerprint density at radius 2 is 1.66 bits per heavy atom. The minimum atomic E-state index is -1.02. The normalized spacial score (nSPS) is 26.3. The van der Waals surface area contributed by atoms with Gasteiger partial charge in [-0.15, -0.1) is 0 Å². The van der Waals surface area contributed by atoms with Crippen LogP contribution in [-0.4, -0.2) is 107 Å². The molecule has 0 aromatic carbocycles. The number of ether oxygens (including phenoxy) is 4. The molecule has 16 heteroatoms. The highest BCUT2D eigenvalue weighted by atomic mass is 16.6. The molecule has 4 rings (SSSR count). The maximum absolute atomic E-state index is 13.6. The molecule has 11 unspecified atom stereocenters. The lowest BCUT2D eigenvalue weighted by Crippen LogP contribution is -2.39. The number of aromatic nitrogens is 3. The summed E-state index contributed by atoms with van der Waals surface area (Å²) < 4.78 is 41.0. The fraction of sp³-hybridized carbons (Fsp3) is 0.609. The van der Waals surface area contributed by atoms with Crippen LogP contribution in [0.4, 0.5) is 0 Å². The van der Waals surface area contributed by atoms with Crippen LogP contribution in [0.2, 0.25) is 0 Å². The molecule has 16 nitrogen and oxygen atoms in total. The van der Waals surface area contributed by atoms with Gasteiger partial charge in [-0.3, -0.25) is 14.4 Å². The number of methoxy groups -OCH3 is 3. The topological polar surface area (TPSA) is 210 Å². The fourth-order valence-corrected chi connectivity index (χ4v) is 7.79. The van der Waals surface area contributed by atoms with E-state index in [4.69, 9.17) is 32.2 Å². The van der Waals surface area contributed by atoms with Crippen LogP contribution in [0, 0.1) is 29.6 Å². The summed E-state index contributed by atoms with van der Waals surface area (Å²) in [5.74, 6) is -0.899. The van der Waals surface area contributed by atoms with E-state index in [1.165, 1.54) is 30.8 Å². The van der Waals surface area contributed by atoms with Gasteiger partial charge in [0.25, 0.3) is 0 Å². The molecule has 1 aliphatic heterocycles. The zero-order valence-electron chi connectivity index (χ0n) is 37.8. The Morgan fingerprint density at radius 1 is 0.968 bits per heavy atom. The van der Waals surface area contributed by atoms with E-state index in [1.54, 1.807) is 40.5 Å². The second-order valence-electron chi connectivity index (χ2n) is 16.8. The van der Waals surface area contributed by atoms with E-state index in [0.29, 0.717) is 67.1 Å². The summed E-state index contributed by atoms with van der Waals surface area (Å²) in [6, 6.07) is 0. The molecule has 3 aromatic rings. The Labute approximate surface area is 364 Å². The number of aliphatic hydroxyl groups excluding tert-OH is 2. The van der Waals surface area contributed by atoms with Crippen molar-refractivity contribution >= 4 is 24.2 Å². The summed E-state index contributed by atoms with van der Waals surface area (Å²) >= 11 is 0. The van der Waals surface area contributed by atoms with E-state index in [2.05, 4.69) is 15.0 Å². The number of amides is 1. The molecule has 1 amide bonds. The number of allylic oxidation sites excluding steroid dienone is 3. The number of nitrogens with zero attached hydrogens (tertiary/aromatic N) is 4. The number of fused-ring (bicyclic) bond motifs is 8. The lowest BCUT2D eigenvalue weighted by Gasteiger charge is -2.33. The number of ketones is 1. The first-order chi connectivity index (χ1) is 29.6. The average molecular weight is 867 g/mol. The monoisotopic (exact) mass is 866 g/mol. The highest BCUT2D eigenvalue weighted by Crippen LogP contribution is 2.34. The van der Waals surface area contributed by atoms with Crippen LogP contribution in [0.3, 0.4) is 0 Å². The molecular formula is C46H66N4O12. The van der Waals surface area contributed by atoms with Crippen molar-refractivity contribution < 1.29 is 56.8 Å². The molecule has 6 bridgehead atoms. The number of rotatable bonds is 14. The molecule has 2 N–H and O–H groups in total. The smallest absolute Gasteiger partial charge is 0.308 e. The van der Waals surface area contributed by atoms with E-state index < -0.39 is 42.4 Å². The van der Waals surface area contributed by atoms with Gasteiger partial charge in [-0.05, 0) is 62.0 Å². The second kappa shape index (κ2) is 24.2. The highest BCUT2D eigenvalue weighted by Gasteiger charge is 2.34. The van der Waals surface area contributed by atoms with Gasteiger partial charge in [0, 0.05) is 59.3 Å². The summed E-state index contributed by atoms with van der Waals surface area (Å²) in [6.07, 6.45) is 11.9. The summed E-state index contributed by atoms with van der Waals surface area (Å²) in [7, 11) is 6.37. The molecular weight excluding hydrogens is 801 g/mol. The predicted octanol–water partition coefficient (Wildman–Crippen LogP) is 7.39. The van der Waals surface area contributed by atoms with Crippen molar-refractivity contribution in [2.24, 2.45) is 29.6 Å². The lowest BCUT2D eigenvalue weighted by molar-refractivity contribution is -0.160. The molecule has 1 aliphatic rings. The van der Waals surface area contributed by atoms with Crippen molar-refractivity contribution in [3.8, 4) is 23.2 Å². The van der Waals surface area contributed by atoms with Gasteiger partial charge in [0.1, 0.15) is 36.7 Å². The number of carbonyl (C=O) groups is 3. The average Bonchev–Trinajstić information content (AvgIpc) is 4.03. The van der Waals surface area contributed by atoms with Crippen LogP contribution in [0.1, 0.15) is 104 Å². The fourth-order valence-electron chi connectivity index (χ4n) is 7.79. The Balaban J connectivity index is 1.55. The van der Waals surface area contributed by atoms with Crippen molar-refractivity contribution in [1.82, 2.24) is 19.9 Å². The van der Waals surface area contributed by atoms with Gasteiger partial charge in [-0.25, -0.2) is 15.0 Å². The summed E-state index contributed by atoms with van der Waals surface area (Å²) in [5, 5.41) is 22.4. The third-order valence-electron chi connectivity index (χ3n) is 11.7. The standard InChI is InChI=1S/C46H66N4O12/c1-27(16-17-50(7)26-51)18-30(4)37(53)15-14-29(3)40(57-9)22-41-32(6)39(56-8)12-11-13-42-47-35(24-59-42)45-49-36(25-61-45)46-48-34(23-60-46)44(58-10)31(5)38(54)20-28(2)19-33(52)21-43(55)62-41/h11,13,16-18,23-29,31-33,38-41,44,52,54H,12,14-15,19-22H2,1-10H3. The molecule has 62 heavy (non-hydrogen) atoms. The van der Waals surface area contributed by atoms with Crippen molar-refractivity contribution in [2.75, 3.05) is 28.4 Å². The maximum atomic E-state index is 13.6. The van der Waals surface area contributed by atoms with Gasteiger partial charge in [0.05, 0.1) is 30.8 Å². The first-order valence-electron chi connectivity index (χ1n) is 21.3. The van der Waals surface area contributed by atoms with Crippen LogP contribution in [-0.2, 0) is 33.3 Å². The number of hydrogen-bond acceptors (Lipinski definition) is 15. The Morgan fingerprint density at radius 3 is 2.35 bits per heavy atom. The number of aliphatic hydroxyl groups is 2. The number of Topliss-reactive ketones (excluding diaryl/α,β-unsaturated/α-hetero) is 1. The van der Waals surface area contributed by atoms with Crippen LogP contribution < -0.4 is 0 Å². The molecule has 0 aliphatic carbocycles. The molecule has 0 spiro atoms. The van der Waals surface area contributed by atoms with Crippen molar-refractivity contribution in [3.63, 3.8) is 0 Å². The molecule has 0 radical (unpaired) electrons. The van der Waals surface area contributed by atoms with Gasteiger partial charge in [0.15, 0.2) is 17.2 Å². The zero-order valence-corrected chi connectivity index (χ0v) is 37.8. The number of cyclic esters (lactones) is 1. The van der Waals surface area contributed by atoms with Crippen LogP contribution in [0.5, 0.6) is 0 Å². The largest absolute Gasteiger partial charge is 0.462 e. The third-order valence-corrected chi connectivity index (χ3v) is 11.7. The number of carbonyl (C=O) groups excluding carboxylic acids is 3. The molecule has 11 atom stereocenters. The number of oxazole rings is 3. The summed E-state index contributed by atoms with van der Waals surface area (Å²) in [5.41, 5.74) is 1.80. The van der Waals surface area contributed by atoms with Crippen LogP contribution in [0.25, 0.3) is 29.2 Å². The molecule has 3 aromatic heterocycles. The molecule has 0 saturated heterocycles. The molecule has 0 fully saturated rings. The Kier molecular flexibility index (Phi) is 19.5. The van der Waals surface area contributed by atoms with E-state index >= 15 is 0 Å². The van der Waals surface area contributed by atoms with Crippen LogP contribution >= 0.6 is 0 Å². The predicted molar refractivity (Wildman–Crippen MR) is 230 cm³/mol. The first kappa shape index (κ1) is 49.9. The van der Waals surface area contributed by atoms with Gasteiger partial charge in [-0.2, -0.15) is 0 Å². The van der Waals surface area contributed by atoms with Crippen LogP contribution in [0.15, 0.2) is 62.0 Å². The minimum absolute atomic E-state index is 0.0116. The van der Waals surface area contributed by atoms with E-state index in [9.17, 15) is 24.6 Å². The van der Waals surface area contributed by atoms with Crippen molar-refractivity contribution in [1.29, 1.82) is 0 Å². The van der Waals surface area contributed by atoms with Crippen molar-refractivity contribution in [2.45, 2.75) is 123 Å². The number of hydrogen-bond donors (Lipinski definition) is 2. The van der Waals surface area contributed by atoms with Gasteiger partial charge in [0.2, 0.25) is 24.1 Å². The Bertz CT molecular complexity index is 1950.